The van der Waals surface area contributed by atoms with Gasteiger partial charge < -0.3 is 10.2 Å². The Morgan fingerprint density at radius 2 is 2.20 bits per heavy atom. The van der Waals surface area contributed by atoms with Crippen molar-refractivity contribution in [3.63, 3.8) is 0 Å². The van der Waals surface area contributed by atoms with E-state index in [9.17, 15) is 5.26 Å². The number of hydrogen-bond donors (Lipinski definition) is 1. The zero-order valence-electron chi connectivity index (χ0n) is 11.5. The van der Waals surface area contributed by atoms with Crippen LogP contribution in [0.5, 0.6) is 0 Å². The highest BCUT2D eigenvalue weighted by Gasteiger charge is 2.41. The molecule has 0 aliphatic carbocycles. The van der Waals surface area contributed by atoms with E-state index in [-0.39, 0.29) is 5.92 Å². The Labute approximate surface area is 123 Å². The van der Waals surface area contributed by atoms with Crippen molar-refractivity contribution in [2.45, 2.75) is 25.7 Å². The normalized spacial score (nSPS) is 25.6. The van der Waals surface area contributed by atoms with E-state index < -0.39 is 0 Å². The number of nitrogens with zero attached hydrogens (tertiary/aromatic N) is 2. The monoisotopic (exact) mass is 283 g/mol. The van der Waals surface area contributed by atoms with Gasteiger partial charge in [-0.25, -0.2) is 0 Å². The summed E-state index contributed by atoms with van der Waals surface area (Å²) < 4.78 is 0. The molecule has 1 fully saturated rings. The van der Waals surface area contributed by atoms with E-state index in [1.54, 1.807) is 11.3 Å². The van der Waals surface area contributed by atoms with E-state index in [1.807, 2.05) is 6.92 Å². The molecule has 4 aliphatic rings. The molecule has 1 N–H and O–H groups in total. The smallest absolute Gasteiger partial charge is 0.0976 e. The molecule has 20 heavy (non-hydrogen) atoms. The van der Waals surface area contributed by atoms with Gasteiger partial charge in [-0.1, -0.05) is 6.07 Å². The minimum Gasteiger partial charge on any atom is -0.373 e. The average molecular weight is 283 g/mol. The molecule has 2 bridgehead atoms. The van der Waals surface area contributed by atoms with E-state index in [2.05, 4.69) is 33.8 Å². The molecule has 0 saturated carbocycles. The second-order valence-corrected chi connectivity index (χ2v) is 6.76. The maximum absolute atomic E-state index is 9.61. The van der Waals surface area contributed by atoms with Gasteiger partial charge in [-0.05, 0) is 31.2 Å². The maximum atomic E-state index is 9.61. The van der Waals surface area contributed by atoms with Gasteiger partial charge in [0.15, 0.2) is 0 Å². The lowest BCUT2D eigenvalue weighted by molar-refractivity contribution is 0.187. The molecule has 102 valence electrons. The third kappa shape index (κ3) is 1.56. The lowest BCUT2D eigenvalue weighted by atomic mass is 9.78. The van der Waals surface area contributed by atoms with Crippen LogP contribution < -0.4 is 5.32 Å². The molecule has 0 unspecified atom stereocenters. The second kappa shape index (κ2) is 4.39. The summed E-state index contributed by atoms with van der Waals surface area (Å²) in [6.45, 7) is 4.33. The number of dihydropyridines is 1. The van der Waals surface area contributed by atoms with E-state index in [0.29, 0.717) is 5.92 Å². The lowest BCUT2D eigenvalue weighted by Crippen LogP contribution is -2.47. The Hall–Kier alpha value is -1.73. The molecule has 3 nitrogen and oxygen atoms in total. The second-order valence-electron chi connectivity index (χ2n) is 5.78. The molecule has 0 aromatic carbocycles. The molecular formula is C16H17N3S. The quantitative estimate of drug-likeness (QED) is 0.860. The van der Waals surface area contributed by atoms with Gasteiger partial charge in [0.25, 0.3) is 0 Å². The number of nitriles is 1. The fraction of sp³-hybridized carbons (Fsp3) is 0.438. The molecule has 4 heteroatoms. The van der Waals surface area contributed by atoms with E-state index in [0.717, 1.165) is 24.4 Å². The largest absolute Gasteiger partial charge is 0.373 e. The van der Waals surface area contributed by atoms with Gasteiger partial charge in [0.2, 0.25) is 0 Å². The first kappa shape index (κ1) is 12.0. The molecule has 1 aromatic heterocycles. The highest BCUT2D eigenvalue weighted by atomic mass is 32.1. The van der Waals surface area contributed by atoms with Gasteiger partial charge in [-0.3, -0.25) is 0 Å². The molecule has 1 aromatic rings. The number of piperidine rings is 1. The van der Waals surface area contributed by atoms with Gasteiger partial charge in [0.1, 0.15) is 0 Å². The first-order valence-corrected chi connectivity index (χ1v) is 8.08. The molecule has 1 saturated heterocycles. The summed E-state index contributed by atoms with van der Waals surface area (Å²) in [6.07, 6.45) is 2.50. The Morgan fingerprint density at radius 3 is 2.85 bits per heavy atom. The standard InChI is InChI=1S/C16H17N3S/c1-10-12(9-17)14(13-3-2-8-20-13)16-15(18-10)11-4-6-19(16)7-5-11/h2-3,8,11,14,18H,4-7H2,1H3/t14-/m0/s1. The summed E-state index contributed by atoms with van der Waals surface area (Å²) in [5.74, 6) is 0.812. The first-order chi connectivity index (χ1) is 9.79. The van der Waals surface area contributed by atoms with Crippen LogP contribution in [0.4, 0.5) is 0 Å². The van der Waals surface area contributed by atoms with Crippen LogP contribution in [0.2, 0.25) is 0 Å². The van der Waals surface area contributed by atoms with Crippen LogP contribution in [-0.2, 0) is 0 Å². The third-order valence-electron chi connectivity index (χ3n) is 4.76. The van der Waals surface area contributed by atoms with E-state index in [4.69, 9.17) is 0 Å². The van der Waals surface area contributed by atoms with Gasteiger partial charge >= 0.3 is 0 Å². The Kier molecular flexibility index (Phi) is 2.64. The third-order valence-corrected chi connectivity index (χ3v) is 5.69. The molecule has 0 spiro atoms. The first-order valence-electron chi connectivity index (χ1n) is 7.20. The highest BCUT2D eigenvalue weighted by molar-refractivity contribution is 7.10. The van der Waals surface area contributed by atoms with Crippen molar-refractivity contribution in [2.75, 3.05) is 13.1 Å². The van der Waals surface area contributed by atoms with Gasteiger partial charge in [-0.15, -0.1) is 11.3 Å². The summed E-state index contributed by atoms with van der Waals surface area (Å²) in [5, 5.41) is 15.3. The Balaban J connectivity index is 1.90. The van der Waals surface area contributed by atoms with Gasteiger partial charge in [-0.2, -0.15) is 5.26 Å². The average Bonchev–Trinajstić information content (AvgIpc) is 3.00. The maximum Gasteiger partial charge on any atom is 0.0976 e. The minimum atomic E-state index is 0.152. The number of hydrogen-bond acceptors (Lipinski definition) is 4. The summed E-state index contributed by atoms with van der Waals surface area (Å²) in [6, 6.07) is 6.70. The van der Waals surface area contributed by atoms with Gasteiger partial charge in [0.05, 0.1) is 17.6 Å². The van der Waals surface area contributed by atoms with Crippen LogP contribution in [0, 0.1) is 17.2 Å². The number of nitrogens with one attached hydrogen (secondary N) is 1. The zero-order chi connectivity index (χ0) is 13.7. The fourth-order valence-corrected chi connectivity index (χ4v) is 4.63. The van der Waals surface area contributed by atoms with Crippen molar-refractivity contribution in [1.29, 1.82) is 5.26 Å². The summed E-state index contributed by atoms with van der Waals surface area (Å²) in [4.78, 5) is 3.79. The Bertz CT molecular complexity index is 640. The van der Waals surface area contributed by atoms with E-state index in [1.165, 1.54) is 29.1 Å². The van der Waals surface area contributed by atoms with Crippen LogP contribution in [0.15, 0.2) is 40.2 Å². The molecule has 4 aliphatic heterocycles. The minimum absolute atomic E-state index is 0.152. The van der Waals surface area contributed by atoms with Crippen LogP contribution in [0.25, 0.3) is 0 Å². The van der Waals surface area contributed by atoms with Crippen molar-refractivity contribution in [3.8, 4) is 6.07 Å². The Morgan fingerprint density at radius 1 is 1.40 bits per heavy atom. The molecule has 0 amide bonds. The van der Waals surface area contributed by atoms with Crippen molar-refractivity contribution in [2.24, 2.45) is 5.92 Å². The number of allylic oxidation sites excluding steroid dienone is 3. The predicted molar refractivity (Wildman–Crippen MR) is 79.8 cm³/mol. The zero-order valence-corrected chi connectivity index (χ0v) is 12.3. The topological polar surface area (TPSA) is 39.1 Å². The number of fused-ring (bicyclic) bond motifs is 2. The van der Waals surface area contributed by atoms with Crippen LogP contribution in [-0.4, -0.2) is 18.0 Å². The number of rotatable bonds is 1. The molecular weight excluding hydrogens is 266 g/mol. The summed E-state index contributed by atoms with van der Waals surface area (Å²) >= 11 is 1.76. The predicted octanol–water partition coefficient (Wildman–Crippen LogP) is 3.17. The summed E-state index contributed by atoms with van der Waals surface area (Å²) in [7, 11) is 0. The van der Waals surface area contributed by atoms with Crippen molar-refractivity contribution in [3.05, 3.63) is 45.1 Å². The SMILES string of the molecule is CC1=C(C#N)[C@@H](c2cccs2)C2=C(N1)C1CCN2CC1. The lowest BCUT2D eigenvalue weighted by Gasteiger charge is -2.48. The number of thiophene rings is 1. The van der Waals surface area contributed by atoms with Crippen molar-refractivity contribution >= 4 is 11.3 Å². The van der Waals surface area contributed by atoms with Gasteiger partial charge in [0, 0.05) is 41.0 Å². The van der Waals surface area contributed by atoms with Crippen molar-refractivity contribution < 1.29 is 0 Å². The van der Waals surface area contributed by atoms with Crippen LogP contribution in [0.3, 0.4) is 0 Å². The summed E-state index contributed by atoms with van der Waals surface area (Å²) in [5.41, 5.74) is 4.69. The molecule has 5 heterocycles. The highest BCUT2D eigenvalue weighted by Crippen LogP contribution is 2.47. The molecule has 5 rings (SSSR count). The van der Waals surface area contributed by atoms with Crippen molar-refractivity contribution in [1.82, 2.24) is 10.2 Å². The van der Waals surface area contributed by atoms with Crippen LogP contribution >= 0.6 is 11.3 Å². The fourth-order valence-electron chi connectivity index (χ4n) is 3.80. The molecule has 0 radical (unpaired) electrons. The van der Waals surface area contributed by atoms with E-state index >= 15 is 0 Å². The molecule has 1 atom stereocenters. The van der Waals surface area contributed by atoms with Crippen LogP contribution in [0.1, 0.15) is 30.6 Å².